The third-order valence-electron chi connectivity index (χ3n) is 3.64. The maximum absolute atomic E-state index is 12.5. The molecule has 0 saturated heterocycles. The first-order valence-electron chi connectivity index (χ1n) is 7.38. The first kappa shape index (κ1) is 17.9. The van der Waals surface area contributed by atoms with E-state index in [1.807, 2.05) is 20.8 Å². The average Bonchev–Trinajstić information content (AvgIpc) is 2.48. The molecule has 0 aliphatic heterocycles. The quantitative estimate of drug-likeness (QED) is 0.602. The van der Waals surface area contributed by atoms with Crippen LogP contribution < -0.4 is 9.47 Å². The first-order valence-corrected chi connectivity index (χ1v) is 7.38. The number of halogens is 3. The van der Waals surface area contributed by atoms with Crippen molar-refractivity contribution in [2.45, 2.75) is 32.5 Å². The molecular weight excluding hydrogens is 317 g/mol. The van der Waals surface area contributed by atoms with E-state index in [4.69, 9.17) is 9.47 Å². The third kappa shape index (κ3) is 4.54. The molecule has 2 aromatic rings. The summed E-state index contributed by atoms with van der Waals surface area (Å²) in [5.41, 5.74) is -0.302. The van der Waals surface area contributed by atoms with E-state index in [-0.39, 0.29) is 0 Å². The molecule has 2 nitrogen and oxygen atoms in total. The SMILES string of the molecule is C=C(C)C(C)(C)Oc1ccc(Oc2ccc(C(F)(F)F)cc2)cc1. The van der Waals surface area contributed by atoms with Gasteiger partial charge in [-0.15, -0.1) is 0 Å². The van der Waals surface area contributed by atoms with Crippen LogP contribution in [0.4, 0.5) is 13.2 Å². The summed E-state index contributed by atoms with van der Waals surface area (Å²) in [5, 5.41) is 0. The molecule has 0 saturated carbocycles. The smallest absolute Gasteiger partial charge is 0.416 e. The van der Waals surface area contributed by atoms with Crippen molar-refractivity contribution in [1.82, 2.24) is 0 Å². The van der Waals surface area contributed by atoms with Crippen LogP contribution in [0.3, 0.4) is 0 Å². The van der Waals surface area contributed by atoms with Gasteiger partial charge in [0, 0.05) is 0 Å². The lowest BCUT2D eigenvalue weighted by Gasteiger charge is -2.27. The second-order valence-corrected chi connectivity index (χ2v) is 5.99. The topological polar surface area (TPSA) is 18.5 Å². The monoisotopic (exact) mass is 336 g/mol. The van der Waals surface area contributed by atoms with Crippen molar-refractivity contribution in [3.05, 3.63) is 66.2 Å². The van der Waals surface area contributed by atoms with Crippen molar-refractivity contribution in [1.29, 1.82) is 0 Å². The van der Waals surface area contributed by atoms with Crippen molar-refractivity contribution in [3.8, 4) is 17.2 Å². The van der Waals surface area contributed by atoms with Crippen molar-refractivity contribution < 1.29 is 22.6 Å². The van der Waals surface area contributed by atoms with Gasteiger partial charge in [-0.1, -0.05) is 6.58 Å². The fraction of sp³-hybridized carbons (Fsp3) is 0.263. The summed E-state index contributed by atoms with van der Waals surface area (Å²) in [6.07, 6.45) is -4.35. The molecule has 0 bridgehead atoms. The van der Waals surface area contributed by atoms with Crippen molar-refractivity contribution in [3.63, 3.8) is 0 Å². The molecule has 0 radical (unpaired) electrons. The first-order chi connectivity index (χ1) is 11.1. The lowest BCUT2D eigenvalue weighted by Crippen LogP contribution is -2.28. The van der Waals surface area contributed by atoms with Crippen LogP contribution in [0.5, 0.6) is 17.2 Å². The molecule has 2 aromatic carbocycles. The van der Waals surface area contributed by atoms with Gasteiger partial charge in [0.15, 0.2) is 0 Å². The minimum absolute atomic E-state index is 0.332. The Kier molecular flexibility index (Phi) is 4.92. The van der Waals surface area contributed by atoms with Gasteiger partial charge in [-0.05, 0) is 74.9 Å². The van der Waals surface area contributed by atoms with Crippen LogP contribution in [-0.4, -0.2) is 5.60 Å². The Morgan fingerprint density at radius 2 is 1.25 bits per heavy atom. The van der Waals surface area contributed by atoms with E-state index in [2.05, 4.69) is 6.58 Å². The Morgan fingerprint density at radius 3 is 1.67 bits per heavy atom. The van der Waals surface area contributed by atoms with E-state index < -0.39 is 17.3 Å². The van der Waals surface area contributed by atoms with Gasteiger partial charge in [-0.3, -0.25) is 0 Å². The average molecular weight is 336 g/mol. The van der Waals surface area contributed by atoms with Crippen LogP contribution in [0.15, 0.2) is 60.7 Å². The summed E-state index contributed by atoms with van der Waals surface area (Å²) in [4.78, 5) is 0. The van der Waals surface area contributed by atoms with Gasteiger partial charge in [-0.2, -0.15) is 13.2 Å². The standard InChI is InChI=1S/C19H19F3O2/c1-13(2)18(3,4)24-17-11-9-16(10-12-17)23-15-7-5-14(6-8-15)19(20,21)22/h5-12H,1H2,2-4H3. The van der Waals surface area contributed by atoms with Crippen LogP contribution in [0, 0.1) is 0 Å². The van der Waals surface area contributed by atoms with Crippen LogP contribution >= 0.6 is 0 Å². The molecule has 24 heavy (non-hydrogen) atoms. The van der Waals surface area contributed by atoms with Crippen molar-refractivity contribution >= 4 is 0 Å². The predicted octanol–water partition coefficient (Wildman–Crippen LogP) is 6.23. The van der Waals surface area contributed by atoms with Gasteiger partial charge >= 0.3 is 6.18 Å². The van der Waals surface area contributed by atoms with E-state index in [1.54, 1.807) is 24.3 Å². The lowest BCUT2D eigenvalue weighted by molar-refractivity contribution is -0.137. The minimum atomic E-state index is -4.35. The van der Waals surface area contributed by atoms with Gasteiger partial charge in [-0.25, -0.2) is 0 Å². The summed E-state index contributed by atoms with van der Waals surface area (Å²) >= 11 is 0. The predicted molar refractivity (Wildman–Crippen MR) is 87.5 cm³/mol. The Bertz CT molecular complexity index is 699. The zero-order valence-corrected chi connectivity index (χ0v) is 13.8. The highest BCUT2D eigenvalue weighted by Gasteiger charge is 2.30. The van der Waals surface area contributed by atoms with Crippen LogP contribution in [0.2, 0.25) is 0 Å². The van der Waals surface area contributed by atoms with E-state index >= 15 is 0 Å². The molecule has 0 fully saturated rings. The molecule has 0 aliphatic carbocycles. The van der Waals surface area contributed by atoms with Crippen molar-refractivity contribution in [2.75, 3.05) is 0 Å². The highest BCUT2D eigenvalue weighted by atomic mass is 19.4. The molecule has 5 heteroatoms. The Morgan fingerprint density at radius 1 is 0.833 bits per heavy atom. The van der Waals surface area contributed by atoms with Gasteiger partial charge in [0.1, 0.15) is 22.8 Å². The molecule has 128 valence electrons. The molecule has 0 aliphatic rings. The lowest BCUT2D eigenvalue weighted by atomic mass is 10.0. The van der Waals surface area contributed by atoms with Gasteiger partial charge in [0.05, 0.1) is 5.56 Å². The highest BCUT2D eigenvalue weighted by Crippen LogP contribution is 2.32. The third-order valence-corrected chi connectivity index (χ3v) is 3.64. The number of alkyl halides is 3. The molecular formula is C19H19F3O2. The molecule has 0 amide bonds. The Labute approximate surface area is 139 Å². The maximum Gasteiger partial charge on any atom is 0.416 e. The van der Waals surface area contributed by atoms with Gasteiger partial charge < -0.3 is 9.47 Å². The van der Waals surface area contributed by atoms with E-state index in [1.165, 1.54) is 12.1 Å². The number of rotatable bonds is 5. The normalized spacial score (nSPS) is 11.9. The molecule has 0 N–H and O–H groups in total. The second-order valence-electron chi connectivity index (χ2n) is 5.99. The van der Waals surface area contributed by atoms with E-state index in [9.17, 15) is 13.2 Å². The zero-order chi connectivity index (χ0) is 18.0. The minimum Gasteiger partial charge on any atom is -0.484 e. The van der Waals surface area contributed by atoms with E-state index in [0.29, 0.717) is 17.2 Å². The fourth-order valence-electron chi connectivity index (χ4n) is 1.81. The highest BCUT2D eigenvalue weighted by molar-refractivity contribution is 5.37. The second kappa shape index (κ2) is 6.59. The summed E-state index contributed by atoms with van der Waals surface area (Å²) in [7, 11) is 0. The molecule has 0 unspecified atom stereocenters. The summed E-state index contributed by atoms with van der Waals surface area (Å²) in [6, 6.07) is 11.4. The van der Waals surface area contributed by atoms with Crippen molar-refractivity contribution in [2.24, 2.45) is 0 Å². The largest absolute Gasteiger partial charge is 0.484 e. The molecule has 0 atom stereocenters. The molecule has 0 heterocycles. The van der Waals surface area contributed by atoms with Gasteiger partial charge in [0.2, 0.25) is 0 Å². The number of hydrogen-bond acceptors (Lipinski definition) is 2. The fourth-order valence-corrected chi connectivity index (χ4v) is 1.81. The molecule has 0 aromatic heterocycles. The summed E-state index contributed by atoms with van der Waals surface area (Å²) < 4.78 is 48.9. The van der Waals surface area contributed by atoms with Gasteiger partial charge in [0.25, 0.3) is 0 Å². The van der Waals surface area contributed by atoms with Crippen LogP contribution in [0.25, 0.3) is 0 Å². The molecule has 2 rings (SSSR count). The van der Waals surface area contributed by atoms with Crippen LogP contribution in [0.1, 0.15) is 26.3 Å². The number of ether oxygens (including phenoxy) is 2. The Hall–Kier alpha value is -2.43. The Balaban J connectivity index is 2.05. The van der Waals surface area contributed by atoms with E-state index in [0.717, 1.165) is 17.7 Å². The van der Waals surface area contributed by atoms with Crippen LogP contribution in [-0.2, 0) is 6.18 Å². The zero-order valence-electron chi connectivity index (χ0n) is 13.8. The molecule has 0 spiro atoms. The summed E-state index contributed by atoms with van der Waals surface area (Å²) in [5.74, 6) is 1.50. The number of hydrogen-bond donors (Lipinski definition) is 0. The number of benzene rings is 2. The summed E-state index contributed by atoms with van der Waals surface area (Å²) in [6.45, 7) is 9.62. The maximum atomic E-state index is 12.5.